The number of nitrogens with zero attached hydrogens (tertiary/aromatic N) is 1. The normalized spacial score (nSPS) is 24.4. The van der Waals surface area contributed by atoms with Gasteiger partial charge in [0.05, 0.1) is 17.1 Å². The maximum Gasteiger partial charge on any atom is 0.236 e. The van der Waals surface area contributed by atoms with Gasteiger partial charge in [-0.2, -0.15) is 0 Å². The summed E-state index contributed by atoms with van der Waals surface area (Å²) in [5, 5.41) is 12.1. The van der Waals surface area contributed by atoms with Crippen molar-refractivity contribution in [3.05, 3.63) is 131 Å². The lowest BCUT2D eigenvalue weighted by Crippen LogP contribution is -2.65. The first kappa shape index (κ1) is 25.6. The van der Waals surface area contributed by atoms with Crippen molar-refractivity contribution >= 4 is 23.2 Å². The van der Waals surface area contributed by atoms with Gasteiger partial charge in [0.25, 0.3) is 0 Å². The quantitative estimate of drug-likeness (QED) is 0.256. The Labute approximate surface area is 232 Å². The molecule has 6 rings (SSSR count). The molecule has 4 nitrogen and oxygen atoms in total. The summed E-state index contributed by atoms with van der Waals surface area (Å²) in [6, 6.07) is 31.0. The number of rotatable bonds is 6. The monoisotopic (exact) mass is 541 g/mol. The smallest absolute Gasteiger partial charge is 0.236 e. The first-order valence-corrected chi connectivity index (χ1v) is 13.6. The summed E-state index contributed by atoms with van der Waals surface area (Å²) in [6.07, 6.45) is 2.01. The minimum Gasteiger partial charge on any atom is -0.489 e. The number of hydrogen-bond acceptors (Lipinski definition) is 3. The number of benzene rings is 4. The van der Waals surface area contributed by atoms with Crippen LogP contribution in [-0.2, 0) is 17.0 Å². The van der Waals surface area contributed by atoms with E-state index in [2.05, 4.69) is 0 Å². The summed E-state index contributed by atoms with van der Waals surface area (Å²) in [5.74, 6) is 0.418. The second-order valence-electron chi connectivity index (χ2n) is 10.6. The Morgan fingerprint density at radius 3 is 2.13 bits per heavy atom. The Hall–Kier alpha value is -3.67. The molecule has 1 saturated heterocycles. The molecule has 1 aliphatic heterocycles. The first-order valence-electron chi connectivity index (χ1n) is 13.2. The maximum atomic E-state index is 13.8. The molecule has 0 radical (unpaired) electrons. The van der Waals surface area contributed by atoms with Crippen LogP contribution in [0.2, 0.25) is 5.02 Å². The van der Waals surface area contributed by atoms with Crippen LogP contribution < -0.4 is 9.64 Å². The molecule has 1 N–H and O–H groups in total. The second kappa shape index (κ2) is 10.1. The minimum atomic E-state index is -1.01. The number of anilines is 1. The predicted molar refractivity (Wildman–Crippen MR) is 150 cm³/mol. The Balaban J connectivity index is 1.27. The fourth-order valence-corrected chi connectivity index (χ4v) is 6.25. The van der Waals surface area contributed by atoms with Crippen molar-refractivity contribution in [2.45, 2.75) is 43.9 Å². The minimum absolute atomic E-state index is 0.0154. The summed E-state index contributed by atoms with van der Waals surface area (Å²) >= 11 is 6.06. The molecule has 1 spiro atoms. The van der Waals surface area contributed by atoms with Gasteiger partial charge in [0.15, 0.2) is 0 Å². The third-order valence-corrected chi connectivity index (χ3v) is 8.58. The van der Waals surface area contributed by atoms with Gasteiger partial charge in [0.2, 0.25) is 5.91 Å². The van der Waals surface area contributed by atoms with Crippen LogP contribution in [-0.4, -0.2) is 11.0 Å². The molecule has 1 atom stereocenters. The van der Waals surface area contributed by atoms with Crippen molar-refractivity contribution in [2.75, 3.05) is 4.90 Å². The van der Waals surface area contributed by atoms with Gasteiger partial charge in [0.1, 0.15) is 18.2 Å². The zero-order valence-electron chi connectivity index (χ0n) is 21.4. The molecule has 4 aromatic rings. The number of hydrogen-bond donors (Lipinski definition) is 1. The molecule has 39 heavy (non-hydrogen) atoms. The van der Waals surface area contributed by atoms with E-state index in [0.717, 1.165) is 22.4 Å². The van der Waals surface area contributed by atoms with E-state index in [1.165, 1.54) is 12.1 Å². The van der Waals surface area contributed by atoms with E-state index in [1.807, 2.05) is 66.7 Å². The molecule has 0 unspecified atom stereocenters. The highest BCUT2D eigenvalue weighted by molar-refractivity contribution is 6.30. The fraction of sp³-hybridized carbons (Fsp3) is 0.242. The van der Waals surface area contributed by atoms with Gasteiger partial charge in [-0.3, -0.25) is 4.79 Å². The van der Waals surface area contributed by atoms with Crippen LogP contribution in [0.5, 0.6) is 5.75 Å². The largest absolute Gasteiger partial charge is 0.489 e. The van der Waals surface area contributed by atoms with Crippen molar-refractivity contribution in [2.24, 2.45) is 5.41 Å². The number of carbonyl (C=O) groups excluding carboxylic acids is 1. The van der Waals surface area contributed by atoms with Crippen LogP contribution in [0, 0.1) is 11.2 Å². The van der Waals surface area contributed by atoms with E-state index < -0.39 is 11.0 Å². The van der Waals surface area contributed by atoms with Crippen molar-refractivity contribution < 1.29 is 19.0 Å². The van der Waals surface area contributed by atoms with Gasteiger partial charge in [0, 0.05) is 10.7 Å². The van der Waals surface area contributed by atoms with Crippen molar-refractivity contribution in [3.63, 3.8) is 0 Å². The molecule has 0 bridgehead atoms. The highest BCUT2D eigenvalue weighted by Crippen LogP contribution is 2.61. The third kappa shape index (κ3) is 4.70. The lowest BCUT2D eigenvalue weighted by atomic mass is 9.56. The van der Waals surface area contributed by atoms with Crippen LogP contribution >= 0.6 is 11.6 Å². The Morgan fingerprint density at radius 1 is 0.846 bits per heavy atom. The van der Waals surface area contributed by atoms with Crippen molar-refractivity contribution in [1.29, 1.82) is 0 Å². The molecule has 1 saturated carbocycles. The number of β-lactam (4-membered cyclic amide) rings is 1. The number of aliphatic hydroxyl groups is 1. The summed E-state index contributed by atoms with van der Waals surface area (Å²) in [4.78, 5) is 15.6. The van der Waals surface area contributed by atoms with Crippen LogP contribution in [0.3, 0.4) is 0 Å². The van der Waals surface area contributed by atoms with Crippen molar-refractivity contribution in [3.8, 4) is 5.75 Å². The molecule has 0 aromatic heterocycles. The standard InChI is InChI=1S/C33H29ClFNO3/c34-26-10-8-25(9-11-26)33(38)20-18-32(19-21-33)30(36(31(32)37)28-14-12-27(35)13-15-28)24-6-16-29(17-7-24)39-22-23-4-2-1-3-5-23/h1-17,30,38H,18-22H2/t30-,32?,33?/m1/s1. The zero-order chi connectivity index (χ0) is 27.0. The Kier molecular flexibility index (Phi) is 6.66. The third-order valence-electron chi connectivity index (χ3n) is 8.33. The first-order chi connectivity index (χ1) is 18.9. The Morgan fingerprint density at radius 2 is 1.49 bits per heavy atom. The van der Waals surface area contributed by atoms with Gasteiger partial charge in [-0.15, -0.1) is 0 Å². The summed E-state index contributed by atoms with van der Waals surface area (Å²) in [7, 11) is 0. The van der Waals surface area contributed by atoms with Gasteiger partial charge < -0.3 is 14.7 Å². The van der Waals surface area contributed by atoms with Crippen LogP contribution in [0.15, 0.2) is 103 Å². The van der Waals surface area contributed by atoms with Gasteiger partial charge in [-0.05, 0) is 90.9 Å². The highest BCUT2D eigenvalue weighted by atomic mass is 35.5. The predicted octanol–water partition coefficient (Wildman–Crippen LogP) is 7.59. The maximum absolute atomic E-state index is 13.8. The molecule has 2 fully saturated rings. The van der Waals surface area contributed by atoms with Crippen molar-refractivity contribution in [1.82, 2.24) is 0 Å². The van der Waals surface area contributed by atoms with E-state index in [1.54, 1.807) is 29.2 Å². The van der Waals surface area contributed by atoms with Gasteiger partial charge in [-0.25, -0.2) is 4.39 Å². The summed E-state index contributed by atoms with van der Waals surface area (Å²) in [5.41, 5.74) is 1.91. The molecular formula is C33H29ClFNO3. The van der Waals surface area contributed by atoms with Crippen LogP contribution in [0.1, 0.15) is 48.4 Å². The number of carbonyl (C=O) groups is 1. The zero-order valence-corrected chi connectivity index (χ0v) is 22.2. The van der Waals surface area contributed by atoms with E-state index in [-0.39, 0.29) is 17.8 Å². The van der Waals surface area contributed by atoms with E-state index in [9.17, 15) is 14.3 Å². The number of amides is 1. The number of ether oxygens (including phenoxy) is 1. The SMILES string of the molecule is O=C1N(c2ccc(F)cc2)[C@H](c2ccc(OCc3ccccc3)cc2)C12CCC(O)(c1ccc(Cl)cc1)CC2. The summed E-state index contributed by atoms with van der Waals surface area (Å²) < 4.78 is 19.7. The summed E-state index contributed by atoms with van der Waals surface area (Å²) in [6.45, 7) is 0.469. The fourth-order valence-electron chi connectivity index (χ4n) is 6.12. The van der Waals surface area contributed by atoms with E-state index in [0.29, 0.717) is 43.0 Å². The molecule has 1 aliphatic carbocycles. The molecular weight excluding hydrogens is 513 g/mol. The van der Waals surface area contributed by atoms with E-state index in [4.69, 9.17) is 16.3 Å². The molecule has 2 aliphatic rings. The lowest BCUT2D eigenvalue weighted by Gasteiger charge is -2.59. The van der Waals surface area contributed by atoms with Gasteiger partial charge in [-0.1, -0.05) is 66.2 Å². The lowest BCUT2D eigenvalue weighted by molar-refractivity contribution is -0.149. The molecule has 1 heterocycles. The topological polar surface area (TPSA) is 49.8 Å². The average molecular weight is 542 g/mol. The molecule has 6 heteroatoms. The highest BCUT2D eigenvalue weighted by Gasteiger charge is 2.63. The molecule has 1 amide bonds. The van der Waals surface area contributed by atoms with Crippen LogP contribution in [0.25, 0.3) is 0 Å². The van der Waals surface area contributed by atoms with E-state index >= 15 is 0 Å². The molecule has 4 aromatic carbocycles. The Bertz CT molecular complexity index is 1450. The van der Waals surface area contributed by atoms with Gasteiger partial charge >= 0.3 is 0 Å². The second-order valence-corrected chi connectivity index (χ2v) is 11.0. The average Bonchev–Trinajstić information content (AvgIpc) is 2.97. The number of halogens is 2. The molecule has 198 valence electrons. The van der Waals surface area contributed by atoms with Crippen LogP contribution in [0.4, 0.5) is 10.1 Å².